The van der Waals surface area contributed by atoms with Crippen molar-refractivity contribution in [3.63, 3.8) is 0 Å². The Morgan fingerprint density at radius 1 is 1.09 bits per heavy atom. The molecule has 0 aromatic heterocycles. The molecule has 0 bridgehead atoms. The van der Waals surface area contributed by atoms with E-state index in [1.807, 2.05) is 27.7 Å². The monoisotopic (exact) mass is 310 g/mol. The van der Waals surface area contributed by atoms with Gasteiger partial charge in [0.15, 0.2) is 0 Å². The molecule has 126 valence electrons. The molecule has 0 amide bonds. The summed E-state index contributed by atoms with van der Waals surface area (Å²) in [7, 11) is 0. The number of ether oxygens (including phenoxy) is 2. The maximum absolute atomic E-state index is 11.9. The highest BCUT2D eigenvalue weighted by atomic mass is 16.6. The minimum absolute atomic E-state index is 0.150. The van der Waals surface area contributed by atoms with Crippen LogP contribution in [0.4, 0.5) is 0 Å². The molecule has 0 aliphatic heterocycles. The first-order valence-electron chi connectivity index (χ1n) is 7.78. The Hall–Kier alpha value is -1.58. The average molecular weight is 310 g/mol. The molecule has 0 saturated carbocycles. The molecule has 0 aromatic carbocycles. The summed E-state index contributed by atoms with van der Waals surface area (Å²) in [6.07, 6.45) is 1.23. The first kappa shape index (κ1) is 20.4. The van der Waals surface area contributed by atoms with E-state index in [0.717, 1.165) is 12.8 Å². The third-order valence-electron chi connectivity index (χ3n) is 4.12. The second-order valence-corrected chi connectivity index (χ2v) is 6.36. The van der Waals surface area contributed by atoms with Gasteiger partial charge in [-0.2, -0.15) is 0 Å². The lowest BCUT2D eigenvalue weighted by Gasteiger charge is -2.39. The summed E-state index contributed by atoms with van der Waals surface area (Å²) in [6.45, 7) is 18.7. The summed E-state index contributed by atoms with van der Waals surface area (Å²) in [5, 5.41) is 0. The highest BCUT2D eigenvalue weighted by Gasteiger charge is 2.40. The smallest absolute Gasteiger partial charge is 0.333 e. The highest BCUT2D eigenvalue weighted by molar-refractivity contribution is 5.87. The largest absolute Gasteiger partial charge is 0.462 e. The number of carbonyl (C=O) groups is 2. The van der Waals surface area contributed by atoms with Crippen molar-refractivity contribution < 1.29 is 19.1 Å². The van der Waals surface area contributed by atoms with Crippen molar-refractivity contribution in [3.8, 4) is 0 Å². The van der Waals surface area contributed by atoms with E-state index < -0.39 is 17.4 Å². The Bertz CT molecular complexity index is 438. The minimum atomic E-state index is -0.453. The van der Waals surface area contributed by atoms with Crippen LogP contribution in [0.3, 0.4) is 0 Å². The molecule has 0 saturated heterocycles. The molecular weight excluding hydrogens is 280 g/mol. The zero-order valence-electron chi connectivity index (χ0n) is 14.8. The highest BCUT2D eigenvalue weighted by Crippen LogP contribution is 2.35. The molecule has 0 N–H and O–H groups in total. The van der Waals surface area contributed by atoms with Crippen molar-refractivity contribution >= 4 is 11.9 Å². The van der Waals surface area contributed by atoms with Crippen molar-refractivity contribution in [2.45, 2.75) is 60.5 Å². The lowest BCUT2D eigenvalue weighted by molar-refractivity contribution is -0.163. The van der Waals surface area contributed by atoms with Crippen molar-refractivity contribution in [2.24, 2.45) is 11.3 Å². The summed E-state index contributed by atoms with van der Waals surface area (Å²) in [6, 6.07) is 0. The van der Waals surface area contributed by atoms with Crippen LogP contribution in [0.5, 0.6) is 0 Å². The van der Waals surface area contributed by atoms with Crippen LogP contribution in [0, 0.1) is 11.3 Å². The third-order valence-corrected chi connectivity index (χ3v) is 4.12. The van der Waals surface area contributed by atoms with Gasteiger partial charge in [0, 0.05) is 16.6 Å². The van der Waals surface area contributed by atoms with Gasteiger partial charge in [-0.15, -0.1) is 0 Å². The molecule has 0 rings (SSSR count). The Labute approximate surface area is 134 Å². The molecular formula is C18H30O4. The van der Waals surface area contributed by atoms with E-state index in [0.29, 0.717) is 11.1 Å². The van der Waals surface area contributed by atoms with Crippen molar-refractivity contribution in [2.75, 3.05) is 6.61 Å². The molecule has 4 nitrogen and oxygen atoms in total. The summed E-state index contributed by atoms with van der Waals surface area (Å²) >= 11 is 0. The standard InChI is InChI=1S/C18H30O4/c1-9-14(7)15(22-17(20)13(5)6)18(8,10-2)11-21-16(19)12(3)4/h14-15H,3,5,9-11H2,1-2,4,6-8H3. The van der Waals surface area contributed by atoms with Gasteiger partial charge in [0.2, 0.25) is 0 Å². The predicted molar refractivity (Wildman–Crippen MR) is 88.3 cm³/mol. The fourth-order valence-electron chi connectivity index (χ4n) is 2.11. The molecule has 3 unspecified atom stereocenters. The number of rotatable bonds is 9. The SMILES string of the molecule is C=C(C)C(=O)OCC(C)(CC)C(OC(=O)C(=C)C)C(C)CC. The Kier molecular flexibility index (Phi) is 8.13. The minimum Gasteiger partial charge on any atom is -0.462 e. The van der Waals surface area contributed by atoms with E-state index in [1.165, 1.54) is 0 Å². The second-order valence-electron chi connectivity index (χ2n) is 6.36. The van der Waals surface area contributed by atoms with Crippen molar-refractivity contribution in [1.29, 1.82) is 0 Å². The maximum atomic E-state index is 11.9. The van der Waals surface area contributed by atoms with E-state index >= 15 is 0 Å². The van der Waals surface area contributed by atoms with Crippen LogP contribution in [0.1, 0.15) is 54.4 Å². The van der Waals surface area contributed by atoms with Crippen LogP contribution < -0.4 is 0 Å². The summed E-state index contributed by atoms with van der Waals surface area (Å²) in [5.41, 5.74) is 0.272. The third kappa shape index (κ3) is 5.66. The van der Waals surface area contributed by atoms with Gasteiger partial charge in [-0.05, 0) is 26.2 Å². The molecule has 0 aliphatic rings. The van der Waals surface area contributed by atoms with Gasteiger partial charge in [0.05, 0.1) is 0 Å². The van der Waals surface area contributed by atoms with Gasteiger partial charge in [0.1, 0.15) is 12.7 Å². The zero-order valence-corrected chi connectivity index (χ0v) is 14.8. The van der Waals surface area contributed by atoms with Gasteiger partial charge < -0.3 is 9.47 Å². The first-order chi connectivity index (χ1) is 10.1. The topological polar surface area (TPSA) is 52.6 Å². The van der Waals surface area contributed by atoms with Crippen LogP contribution in [-0.2, 0) is 19.1 Å². The molecule has 4 heteroatoms. The number of hydrogen-bond donors (Lipinski definition) is 0. The normalized spacial score (nSPS) is 16.1. The van der Waals surface area contributed by atoms with E-state index in [4.69, 9.17) is 9.47 Å². The zero-order chi connectivity index (χ0) is 17.5. The van der Waals surface area contributed by atoms with Crippen LogP contribution in [0.15, 0.2) is 24.3 Å². The summed E-state index contributed by atoms with van der Waals surface area (Å²) < 4.78 is 11.0. The molecule has 0 radical (unpaired) electrons. The average Bonchev–Trinajstić information content (AvgIpc) is 2.48. The van der Waals surface area contributed by atoms with E-state index in [9.17, 15) is 9.59 Å². The Morgan fingerprint density at radius 3 is 1.95 bits per heavy atom. The Balaban J connectivity index is 5.25. The van der Waals surface area contributed by atoms with Crippen molar-refractivity contribution in [3.05, 3.63) is 24.3 Å². The van der Waals surface area contributed by atoms with Crippen LogP contribution in [0.2, 0.25) is 0 Å². The number of carbonyl (C=O) groups excluding carboxylic acids is 2. The maximum Gasteiger partial charge on any atom is 0.333 e. The van der Waals surface area contributed by atoms with E-state index in [2.05, 4.69) is 13.2 Å². The molecule has 3 atom stereocenters. The number of hydrogen-bond acceptors (Lipinski definition) is 4. The Morgan fingerprint density at radius 2 is 1.59 bits per heavy atom. The van der Waals surface area contributed by atoms with Gasteiger partial charge in [-0.25, -0.2) is 9.59 Å². The second kappa shape index (κ2) is 8.76. The molecule has 0 aromatic rings. The van der Waals surface area contributed by atoms with Crippen LogP contribution >= 0.6 is 0 Å². The molecule has 0 heterocycles. The lowest BCUT2D eigenvalue weighted by Crippen LogP contribution is -2.44. The lowest BCUT2D eigenvalue weighted by atomic mass is 9.76. The van der Waals surface area contributed by atoms with E-state index in [-0.39, 0.29) is 18.6 Å². The molecule has 0 aliphatic carbocycles. The first-order valence-corrected chi connectivity index (χ1v) is 7.78. The molecule has 0 spiro atoms. The number of esters is 2. The van der Waals surface area contributed by atoms with E-state index in [1.54, 1.807) is 13.8 Å². The van der Waals surface area contributed by atoms with Crippen LogP contribution in [0.25, 0.3) is 0 Å². The molecule has 22 heavy (non-hydrogen) atoms. The van der Waals surface area contributed by atoms with Crippen LogP contribution in [-0.4, -0.2) is 24.6 Å². The molecule has 0 fully saturated rings. The van der Waals surface area contributed by atoms with Gasteiger partial charge in [-0.3, -0.25) is 0 Å². The fraction of sp³-hybridized carbons (Fsp3) is 0.667. The summed E-state index contributed by atoms with van der Waals surface area (Å²) in [4.78, 5) is 23.6. The van der Waals surface area contributed by atoms with Crippen molar-refractivity contribution in [1.82, 2.24) is 0 Å². The summed E-state index contributed by atoms with van der Waals surface area (Å²) in [5.74, 6) is -0.679. The quantitative estimate of drug-likeness (QED) is 0.476. The van der Waals surface area contributed by atoms with Gasteiger partial charge in [0.25, 0.3) is 0 Å². The van der Waals surface area contributed by atoms with Gasteiger partial charge in [-0.1, -0.05) is 47.3 Å². The van der Waals surface area contributed by atoms with Gasteiger partial charge >= 0.3 is 11.9 Å². The fourth-order valence-corrected chi connectivity index (χ4v) is 2.11. The predicted octanol–water partition coefficient (Wildman–Crippen LogP) is 4.06.